The predicted octanol–water partition coefficient (Wildman–Crippen LogP) is 0.620. The Morgan fingerprint density at radius 1 is 1.38 bits per heavy atom. The second-order valence-electron chi connectivity index (χ2n) is 4.67. The molecule has 2 unspecified atom stereocenters. The summed E-state index contributed by atoms with van der Waals surface area (Å²) in [6.07, 6.45) is 4.08. The summed E-state index contributed by atoms with van der Waals surface area (Å²) in [5, 5.41) is 9.62. The Bertz CT molecular complexity index is 185. The molecule has 0 bridgehead atoms. The van der Waals surface area contributed by atoms with E-state index in [0.717, 1.165) is 13.1 Å². The maximum absolute atomic E-state index is 9.62. The SMILES string of the molecule is COC1CCCC1N1CC(C)(O)C1. The van der Waals surface area contributed by atoms with Crippen LogP contribution in [0.25, 0.3) is 0 Å². The van der Waals surface area contributed by atoms with Gasteiger partial charge in [0, 0.05) is 26.2 Å². The molecule has 1 aliphatic carbocycles. The van der Waals surface area contributed by atoms with Crippen molar-refractivity contribution in [2.45, 2.75) is 43.9 Å². The lowest BCUT2D eigenvalue weighted by Gasteiger charge is -2.48. The van der Waals surface area contributed by atoms with E-state index in [-0.39, 0.29) is 0 Å². The maximum atomic E-state index is 9.62. The highest BCUT2D eigenvalue weighted by atomic mass is 16.5. The van der Waals surface area contributed by atoms with Crippen LogP contribution in [-0.2, 0) is 4.74 Å². The van der Waals surface area contributed by atoms with Crippen molar-refractivity contribution >= 4 is 0 Å². The minimum absolute atomic E-state index is 0.399. The van der Waals surface area contributed by atoms with Crippen LogP contribution in [0.3, 0.4) is 0 Å². The number of rotatable bonds is 2. The van der Waals surface area contributed by atoms with Gasteiger partial charge in [-0.15, -0.1) is 0 Å². The zero-order valence-electron chi connectivity index (χ0n) is 8.49. The molecule has 3 nitrogen and oxygen atoms in total. The summed E-state index contributed by atoms with van der Waals surface area (Å²) in [7, 11) is 1.79. The normalized spacial score (nSPS) is 39.0. The van der Waals surface area contributed by atoms with Crippen LogP contribution in [0, 0.1) is 0 Å². The standard InChI is InChI=1S/C10H19NO2/c1-10(12)6-11(7-10)8-4-3-5-9(8)13-2/h8-9,12H,3-7H2,1-2H3. The zero-order chi connectivity index (χ0) is 9.47. The van der Waals surface area contributed by atoms with E-state index in [1.807, 2.05) is 6.92 Å². The average molecular weight is 185 g/mol. The van der Waals surface area contributed by atoms with E-state index in [9.17, 15) is 5.11 Å². The molecule has 2 atom stereocenters. The van der Waals surface area contributed by atoms with Crippen molar-refractivity contribution in [3.05, 3.63) is 0 Å². The Kier molecular flexibility index (Phi) is 2.34. The lowest BCUT2D eigenvalue weighted by atomic mass is 9.93. The molecular weight excluding hydrogens is 166 g/mol. The number of β-amino-alcohol motifs (C(OH)–C–C–N with tert-alkyl or cyclic N) is 1. The van der Waals surface area contributed by atoms with Crippen molar-refractivity contribution < 1.29 is 9.84 Å². The molecule has 1 N–H and O–H groups in total. The highest BCUT2D eigenvalue weighted by molar-refractivity contribution is 4.98. The third kappa shape index (κ3) is 1.73. The first-order valence-electron chi connectivity index (χ1n) is 5.12. The lowest BCUT2D eigenvalue weighted by molar-refractivity contribution is -0.119. The molecule has 2 fully saturated rings. The molecule has 0 aromatic heterocycles. The highest BCUT2D eigenvalue weighted by Gasteiger charge is 2.44. The van der Waals surface area contributed by atoms with Gasteiger partial charge in [-0.25, -0.2) is 0 Å². The van der Waals surface area contributed by atoms with Crippen LogP contribution in [0.1, 0.15) is 26.2 Å². The molecule has 13 heavy (non-hydrogen) atoms. The molecule has 2 rings (SSSR count). The molecule has 0 amide bonds. The van der Waals surface area contributed by atoms with Crippen molar-refractivity contribution in [3.63, 3.8) is 0 Å². The number of hydrogen-bond acceptors (Lipinski definition) is 3. The molecule has 1 heterocycles. The summed E-state index contributed by atoms with van der Waals surface area (Å²) in [6, 6.07) is 0.560. The molecule has 0 aromatic rings. The summed E-state index contributed by atoms with van der Waals surface area (Å²) in [6.45, 7) is 3.54. The number of ether oxygens (including phenoxy) is 1. The van der Waals surface area contributed by atoms with Crippen LogP contribution in [0.2, 0.25) is 0 Å². The van der Waals surface area contributed by atoms with Gasteiger partial charge in [0.15, 0.2) is 0 Å². The van der Waals surface area contributed by atoms with Gasteiger partial charge in [-0.05, 0) is 26.2 Å². The second-order valence-corrected chi connectivity index (χ2v) is 4.67. The minimum atomic E-state index is -0.444. The first kappa shape index (κ1) is 9.44. The summed E-state index contributed by atoms with van der Waals surface area (Å²) in [5.41, 5.74) is -0.444. The van der Waals surface area contributed by atoms with E-state index in [4.69, 9.17) is 4.74 Å². The van der Waals surface area contributed by atoms with Crippen LogP contribution in [0.4, 0.5) is 0 Å². The Balaban J connectivity index is 1.88. The Hall–Kier alpha value is -0.120. The smallest absolute Gasteiger partial charge is 0.0872 e. The number of likely N-dealkylation sites (tertiary alicyclic amines) is 1. The molecular formula is C10H19NO2. The third-order valence-corrected chi connectivity index (χ3v) is 3.28. The van der Waals surface area contributed by atoms with Crippen molar-refractivity contribution in [1.82, 2.24) is 4.90 Å². The van der Waals surface area contributed by atoms with Crippen LogP contribution in [-0.4, -0.2) is 48.0 Å². The van der Waals surface area contributed by atoms with Gasteiger partial charge in [0.25, 0.3) is 0 Å². The van der Waals surface area contributed by atoms with Crippen molar-refractivity contribution in [2.24, 2.45) is 0 Å². The fourth-order valence-electron chi connectivity index (χ4n) is 2.66. The number of aliphatic hydroxyl groups is 1. The molecule has 76 valence electrons. The van der Waals surface area contributed by atoms with Crippen LogP contribution < -0.4 is 0 Å². The van der Waals surface area contributed by atoms with E-state index in [1.54, 1.807) is 7.11 Å². The molecule has 0 spiro atoms. The van der Waals surface area contributed by atoms with Gasteiger partial charge in [0.2, 0.25) is 0 Å². The van der Waals surface area contributed by atoms with Gasteiger partial charge in [-0.3, -0.25) is 4.90 Å². The van der Waals surface area contributed by atoms with E-state index in [1.165, 1.54) is 19.3 Å². The monoisotopic (exact) mass is 185 g/mol. The van der Waals surface area contributed by atoms with Crippen LogP contribution in [0.5, 0.6) is 0 Å². The number of nitrogens with zero attached hydrogens (tertiary/aromatic N) is 1. The molecule has 2 aliphatic rings. The first-order valence-corrected chi connectivity index (χ1v) is 5.12. The maximum Gasteiger partial charge on any atom is 0.0872 e. The van der Waals surface area contributed by atoms with Crippen LogP contribution >= 0.6 is 0 Å². The van der Waals surface area contributed by atoms with Crippen molar-refractivity contribution in [2.75, 3.05) is 20.2 Å². The predicted molar refractivity (Wildman–Crippen MR) is 50.6 cm³/mol. The topological polar surface area (TPSA) is 32.7 Å². The summed E-state index contributed by atoms with van der Waals surface area (Å²) in [5.74, 6) is 0. The average Bonchev–Trinajstić information content (AvgIpc) is 2.46. The molecule has 0 aromatic carbocycles. The molecule has 3 heteroatoms. The number of methoxy groups -OCH3 is 1. The minimum Gasteiger partial charge on any atom is -0.388 e. The summed E-state index contributed by atoms with van der Waals surface area (Å²) < 4.78 is 5.43. The van der Waals surface area contributed by atoms with Gasteiger partial charge >= 0.3 is 0 Å². The van der Waals surface area contributed by atoms with Crippen LogP contribution in [0.15, 0.2) is 0 Å². The fraction of sp³-hybridized carbons (Fsp3) is 1.00. The molecule has 0 radical (unpaired) electrons. The lowest BCUT2D eigenvalue weighted by Crippen LogP contribution is -2.64. The third-order valence-electron chi connectivity index (χ3n) is 3.28. The largest absolute Gasteiger partial charge is 0.388 e. The molecule has 1 saturated heterocycles. The quantitative estimate of drug-likeness (QED) is 0.684. The molecule has 1 aliphatic heterocycles. The first-order chi connectivity index (χ1) is 6.12. The summed E-state index contributed by atoms with van der Waals surface area (Å²) >= 11 is 0. The zero-order valence-corrected chi connectivity index (χ0v) is 8.49. The molecule has 1 saturated carbocycles. The van der Waals surface area contributed by atoms with Gasteiger partial charge in [0.1, 0.15) is 0 Å². The van der Waals surface area contributed by atoms with E-state index in [0.29, 0.717) is 12.1 Å². The summed E-state index contributed by atoms with van der Waals surface area (Å²) in [4.78, 5) is 2.35. The van der Waals surface area contributed by atoms with Gasteiger partial charge in [-0.2, -0.15) is 0 Å². The van der Waals surface area contributed by atoms with Crippen molar-refractivity contribution in [3.8, 4) is 0 Å². The Labute approximate surface area is 79.7 Å². The highest BCUT2D eigenvalue weighted by Crippen LogP contribution is 2.32. The fourth-order valence-corrected chi connectivity index (χ4v) is 2.66. The van der Waals surface area contributed by atoms with Gasteiger partial charge in [-0.1, -0.05) is 0 Å². The van der Waals surface area contributed by atoms with Gasteiger partial charge < -0.3 is 9.84 Å². The second kappa shape index (κ2) is 3.23. The Morgan fingerprint density at radius 3 is 2.62 bits per heavy atom. The number of hydrogen-bond donors (Lipinski definition) is 1. The van der Waals surface area contributed by atoms with Gasteiger partial charge in [0.05, 0.1) is 11.7 Å². The van der Waals surface area contributed by atoms with Crippen molar-refractivity contribution in [1.29, 1.82) is 0 Å². The van der Waals surface area contributed by atoms with E-state index >= 15 is 0 Å². The Morgan fingerprint density at radius 2 is 2.08 bits per heavy atom. The van der Waals surface area contributed by atoms with E-state index < -0.39 is 5.60 Å². The van der Waals surface area contributed by atoms with E-state index in [2.05, 4.69) is 4.90 Å².